The molecule has 7 nitrogen and oxygen atoms in total. The zero-order valence-electron chi connectivity index (χ0n) is 19.8. The fourth-order valence-corrected chi connectivity index (χ4v) is 5.00. The molecule has 0 heterocycles. The highest BCUT2D eigenvalue weighted by Gasteiger charge is 2.31. The van der Waals surface area contributed by atoms with E-state index >= 15 is 0 Å². The predicted octanol–water partition coefficient (Wildman–Crippen LogP) is 3.38. The summed E-state index contributed by atoms with van der Waals surface area (Å²) in [4.78, 5) is 27.8. The highest BCUT2D eigenvalue weighted by Crippen LogP contribution is 2.21. The molecule has 2 aromatic carbocycles. The Bertz CT molecular complexity index is 1120. The number of amides is 2. The second kappa shape index (κ2) is 11.0. The van der Waals surface area contributed by atoms with E-state index in [1.165, 1.54) is 17.0 Å². The van der Waals surface area contributed by atoms with Gasteiger partial charge in [-0.05, 0) is 62.1 Å². The van der Waals surface area contributed by atoms with E-state index in [2.05, 4.69) is 5.32 Å². The summed E-state index contributed by atoms with van der Waals surface area (Å²) >= 11 is 0. The topological polar surface area (TPSA) is 86.8 Å². The number of rotatable bonds is 9. The largest absolute Gasteiger partial charge is 0.352 e. The van der Waals surface area contributed by atoms with Crippen LogP contribution >= 0.6 is 0 Å². The molecule has 2 aromatic rings. The maximum atomic E-state index is 13.5. The van der Waals surface area contributed by atoms with Gasteiger partial charge in [0, 0.05) is 12.6 Å². The minimum atomic E-state index is -3.77. The molecule has 0 aliphatic heterocycles. The number of carbonyl (C=O) groups is 2. The molecule has 9 heteroatoms. The fraction of sp³-hybridized carbons (Fsp3) is 0.440. The first-order chi connectivity index (χ1) is 16.0. The number of sulfonamides is 1. The van der Waals surface area contributed by atoms with Gasteiger partial charge in [0.05, 0.1) is 11.9 Å². The highest BCUT2D eigenvalue weighted by atomic mass is 32.2. The van der Waals surface area contributed by atoms with E-state index in [0.717, 1.165) is 41.8 Å². The summed E-state index contributed by atoms with van der Waals surface area (Å²) in [5, 5.41) is 3.01. The summed E-state index contributed by atoms with van der Waals surface area (Å²) in [5.41, 5.74) is 1.86. The van der Waals surface area contributed by atoms with E-state index in [1.807, 2.05) is 13.0 Å². The number of anilines is 1. The van der Waals surface area contributed by atoms with Gasteiger partial charge in [0.2, 0.25) is 21.8 Å². The highest BCUT2D eigenvalue weighted by molar-refractivity contribution is 7.92. The van der Waals surface area contributed by atoms with Gasteiger partial charge in [-0.2, -0.15) is 0 Å². The van der Waals surface area contributed by atoms with Crippen molar-refractivity contribution in [2.24, 2.45) is 0 Å². The van der Waals surface area contributed by atoms with Crippen LogP contribution in [0.15, 0.2) is 48.5 Å². The zero-order chi connectivity index (χ0) is 24.9. The Kier molecular flexibility index (Phi) is 8.30. The lowest BCUT2D eigenvalue weighted by atomic mass is 10.1. The summed E-state index contributed by atoms with van der Waals surface area (Å²) < 4.78 is 39.6. The molecular formula is C25H32FN3O4S. The normalized spacial score (nSPS) is 15.1. The number of benzene rings is 2. The van der Waals surface area contributed by atoms with Crippen LogP contribution in [0, 0.1) is 12.7 Å². The Morgan fingerprint density at radius 3 is 2.35 bits per heavy atom. The molecule has 1 atom stereocenters. The quantitative estimate of drug-likeness (QED) is 0.585. The zero-order valence-corrected chi connectivity index (χ0v) is 20.6. The van der Waals surface area contributed by atoms with Crippen molar-refractivity contribution >= 4 is 27.5 Å². The lowest BCUT2D eigenvalue weighted by molar-refractivity contribution is -0.139. The minimum absolute atomic E-state index is 0.0454. The number of hydrogen-bond acceptors (Lipinski definition) is 4. The molecule has 1 aliphatic rings. The molecule has 0 saturated heterocycles. The Balaban J connectivity index is 1.87. The maximum absolute atomic E-state index is 13.5. The molecule has 2 amide bonds. The van der Waals surface area contributed by atoms with Crippen LogP contribution in [0.4, 0.5) is 10.1 Å². The first kappa shape index (κ1) is 25.7. The van der Waals surface area contributed by atoms with Gasteiger partial charge in [-0.1, -0.05) is 37.1 Å². The molecule has 0 spiro atoms. The Hall–Kier alpha value is -2.94. The van der Waals surface area contributed by atoms with Gasteiger partial charge < -0.3 is 10.2 Å². The molecule has 1 N–H and O–H groups in total. The Morgan fingerprint density at radius 2 is 1.76 bits per heavy atom. The summed E-state index contributed by atoms with van der Waals surface area (Å²) in [7, 11) is -3.77. The van der Waals surface area contributed by atoms with Crippen molar-refractivity contribution in [3.8, 4) is 0 Å². The third-order valence-corrected chi connectivity index (χ3v) is 7.24. The second-order valence-electron chi connectivity index (χ2n) is 8.92. The molecule has 0 bridgehead atoms. The summed E-state index contributed by atoms with van der Waals surface area (Å²) in [6.07, 6.45) is 4.96. The van der Waals surface area contributed by atoms with Gasteiger partial charge in [0.25, 0.3) is 0 Å². The third kappa shape index (κ3) is 6.79. The smallest absolute Gasteiger partial charge is 0.244 e. The number of nitrogens with one attached hydrogen (secondary N) is 1. The van der Waals surface area contributed by atoms with E-state index < -0.39 is 34.3 Å². The van der Waals surface area contributed by atoms with E-state index in [1.54, 1.807) is 37.3 Å². The van der Waals surface area contributed by atoms with E-state index in [0.29, 0.717) is 11.3 Å². The van der Waals surface area contributed by atoms with E-state index in [-0.39, 0.29) is 18.5 Å². The molecule has 0 radical (unpaired) electrons. The first-order valence-corrected chi connectivity index (χ1v) is 13.3. The molecule has 34 heavy (non-hydrogen) atoms. The van der Waals surface area contributed by atoms with Crippen molar-refractivity contribution in [2.45, 2.75) is 58.2 Å². The second-order valence-corrected chi connectivity index (χ2v) is 10.8. The van der Waals surface area contributed by atoms with Crippen LogP contribution in [0.5, 0.6) is 0 Å². The fourth-order valence-electron chi connectivity index (χ4n) is 4.16. The Labute approximate surface area is 201 Å². The van der Waals surface area contributed by atoms with Crippen molar-refractivity contribution < 1.29 is 22.4 Å². The summed E-state index contributed by atoms with van der Waals surface area (Å²) in [6, 6.07) is 11.8. The van der Waals surface area contributed by atoms with Gasteiger partial charge >= 0.3 is 0 Å². The molecule has 1 unspecified atom stereocenters. The molecule has 184 valence electrons. The molecule has 3 rings (SSSR count). The van der Waals surface area contributed by atoms with Crippen molar-refractivity contribution in [3.63, 3.8) is 0 Å². The molecule has 1 saturated carbocycles. The van der Waals surface area contributed by atoms with Crippen molar-refractivity contribution in [2.75, 3.05) is 17.1 Å². The van der Waals surface area contributed by atoms with Gasteiger partial charge in [-0.15, -0.1) is 0 Å². The summed E-state index contributed by atoms with van der Waals surface area (Å²) in [6.45, 7) is 3.06. The van der Waals surface area contributed by atoms with Crippen molar-refractivity contribution in [1.29, 1.82) is 0 Å². The number of halogens is 1. The van der Waals surface area contributed by atoms with Crippen LogP contribution in [0.3, 0.4) is 0 Å². The van der Waals surface area contributed by atoms with Crippen LogP contribution < -0.4 is 9.62 Å². The SMILES string of the molecule is Cc1cccc(N(CC(=O)N(Cc2ccc(F)cc2)C(C)C(=O)NC2CCCC2)S(C)(=O)=O)c1. The maximum Gasteiger partial charge on any atom is 0.244 e. The molecule has 1 fully saturated rings. The van der Waals surface area contributed by atoms with Crippen LogP contribution in [0.25, 0.3) is 0 Å². The van der Waals surface area contributed by atoms with E-state index in [4.69, 9.17) is 0 Å². The minimum Gasteiger partial charge on any atom is -0.352 e. The van der Waals surface area contributed by atoms with Gasteiger partial charge in [-0.3, -0.25) is 13.9 Å². The van der Waals surface area contributed by atoms with Crippen molar-refractivity contribution in [3.05, 3.63) is 65.5 Å². The van der Waals surface area contributed by atoms with E-state index in [9.17, 15) is 22.4 Å². The van der Waals surface area contributed by atoms with Crippen LogP contribution in [-0.2, 0) is 26.2 Å². The average Bonchev–Trinajstić information content (AvgIpc) is 3.28. The molecular weight excluding hydrogens is 457 g/mol. The number of aryl methyl sites for hydroxylation is 1. The third-order valence-electron chi connectivity index (χ3n) is 6.10. The predicted molar refractivity (Wildman–Crippen MR) is 130 cm³/mol. The molecule has 1 aliphatic carbocycles. The average molecular weight is 490 g/mol. The first-order valence-electron chi connectivity index (χ1n) is 11.4. The molecule has 0 aromatic heterocycles. The lowest BCUT2D eigenvalue weighted by Crippen LogP contribution is -2.52. The van der Waals surface area contributed by atoms with Crippen LogP contribution in [-0.4, -0.2) is 50.0 Å². The van der Waals surface area contributed by atoms with Crippen LogP contribution in [0.2, 0.25) is 0 Å². The lowest BCUT2D eigenvalue weighted by Gasteiger charge is -2.32. The van der Waals surface area contributed by atoms with Crippen molar-refractivity contribution in [1.82, 2.24) is 10.2 Å². The van der Waals surface area contributed by atoms with Gasteiger partial charge in [0.1, 0.15) is 18.4 Å². The monoisotopic (exact) mass is 489 g/mol. The van der Waals surface area contributed by atoms with Gasteiger partial charge in [0.15, 0.2) is 0 Å². The number of hydrogen-bond donors (Lipinski definition) is 1. The summed E-state index contributed by atoms with van der Waals surface area (Å²) in [5.74, 6) is -1.22. The standard InChI is InChI=1S/C25H32FN3O4S/c1-18-7-6-10-23(15-18)29(34(3,32)33)17-24(30)28(16-20-11-13-21(26)14-12-20)19(2)25(31)27-22-8-4-5-9-22/h6-7,10-15,19,22H,4-5,8-9,16-17H2,1-3H3,(H,27,31). The number of nitrogens with zero attached hydrogens (tertiary/aromatic N) is 2. The van der Waals surface area contributed by atoms with Crippen LogP contribution in [0.1, 0.15) is 43.7 Å². The van der Waals surface area contributed by atoms with Gasteiger partial charge in [-0.25, -0.2) is 12.8 Å². The number of carbonyl (C=O) groups excluding carboxylic acids is 2. The Morgan fingerprint density at radius 1 is 1.12 bits per heavy atom.